The molecule has 2 atom stereocenters. The Morgan fingerprint density at radius 1 is 0.923 bits per heavy atom. The average Bonchev–Trinajstić information content (AvgIpc) is 3.12. The minimum absolute atomic E-state index is 0.0590. The second kappa shape index (κ2) is 7.25. The van der Waals surface area contributed by atoms with Gasteiger partial charge in [-0.3, -0.25) is 5.32 Å². The number of hydrogen-bond acceptors (Lipinski definition) is 3. The molecule has 2 aromatic rings. The smallest absolute Gasteiger partial charge is 0.140 e. The first kappa shape index (κ1) is 17.3. The van der Waals surface area contributed by atoms with Crippen molar-refractivity contribution in [3.05, 3.63) is 70.8 Å². The molecule has 3 nitrogen and oxygen atoms in total. The summed E-state index contributed by atoms with van der Waals surface area (Å²) in [5.41, 5.74) is 3.15. The van der Waals surface area contributed by atoms with Crippen LogP contribution in [-0.2, 0) is 4.74 Å². The summed E-state index contributed by atoms with van der Waals surface area (Å²) in [7, 11) is 0. The van der Waals surface area contributed by atoms with E-state index in [9.17, 15) is 8.78 Å². The molecule has 0 spiro atoms. The van der Waals surface area contributed by atoms with Gasteiger partial charge in [0.2, 0.25) is 0 Å². The van der Waals surface area contributed by atoms with Crippen molar-refractivity contribution in [3.8, 4) is 0 Å². The van der Waals surface area contributed by atoms with E-state index in [1.165, 1.54) is 23.8 Å². The Labute approximate surface area is 151 Å². The van der Waals surface area contributed by atoms with Gasteiger partial charge in [-0.1, -0.05) is 30.3 Å². The third-order valence-corrected chi connectivity index (χ3v) is 5.44. The molecule has 1 saturated heterocycles. The number of halogens is 2. The van der Waals surface area contributed by atoms with E-state index in [4.69, 9.17) is 10.1 Å². The van der Waals surface area contributed by atoms with Gasteiger partial charge < -0.3 is 10.1 Å². The fourth-order valence-corrected chi connectivity index (χ4v) is 3.89. The number of nitrogens with one attached hydrogen (secondary N) is 2. The van der Waals surface area contributed by atoms with Crippen molar-refractivity contribution in [2.45, 2.75) is 43.9 Å². The lowest BCUT2D eigenvalue weighted by Crippen LogP contribution is -2.20. The highest BCUT2D eigenvalue weighted by atomic mass is 19.1. The second-order valence-corrected chi connectivity index (χ2v) is 7.11. The second-order valence-electron chi connectivity index (χ2n) is 7.11. The van der Waals surface area contributed by atoms with Crippen LogP contribution in [0.3, 0.4) is 0 Å². The average molecular weight is 356 g/mol. The van der Waals surface area contributed by atoms with Gasteiger partial charge in [0.05, 0.1) is 18.2 Å². The molecule has 2 fully saturated rings. The van der Waals surface area contributed by atoms with Gasteiger partial charge >= 0.3 is 0 Å². The third-order valence-electron chi connectivity index (χ3n) is 5.44. The van der Waals surface area contributed by atoms with Gasteiger partial charge in [0.15, 0.2) is 0 Å². The van der Waals surface area contributed by atoms with Crippen molar-refractivity contribution in [2.75, 3.05) is 6.61 Å². The van der Waals surface area contributed by atoms with Crippen LogP contribution < -0.4 is 5.32 Å². The molecular weight excluding hydrogens is 334 g/mol. The van der Waals surface area contributed by atoms with Crippen LogP contribution in [-0.4, -0.2) is 12.3 Å². The predicted molar refractivity (Wildman–Crippen MR) is 96.3 cm³/mol. The Hall–Kier alpha value is -2.11. The van der Waals surface area contributed by atoms with Crippen LogP contribution in [0, 0.1) is 17.0 Å². The molecule has 0 radical (unpaired) electrons. The number of hydrogen-bond donors (Lipinski definition) is 2. The zero-order valence-corrected chi connectivity index (χ0v) is 14.5. The third kappa shape index (κ3) is 3.41. The highest BCUT2D eigenvalue weighted by Crippen LogP contribution is 2.34. The Balaban J connectivity index is 1.45. The molecule has 2 N–H and O–H groups in total. The lowest BCUT2D eigenvalue weighted by atomic mass is 9.83. The first-order valence-corrected chi connectivity index (χ1v) is 9.09. The van der Waals surface area contributed by atoms with E-state index in [0.717, 1.165) is 37.0 Å². The van der Waals surface area contributed by atoms with Crippen LogP contribution >= 0.6 is 0 Å². The lowest BCUT2D eigenvalue weighted by molar-refractivity contribution is 0.0944. The first-order valence-electron chi connectivity index (χ1n) is 9.09. The molecule has 1 saturated carbocycles. The highest BCUT2D eigenvalue weighted by Gasteiger charge is 2.31. The zero-order chi connectivity index (χ0) is 18.1. The van der Waals surface area contributed by atoms with Crippen molar-refractivity contribution in [3.63, 3.8) is 0 Å². The van der Waals surface area contributed by atoms with E-state index in [-0.39, 0.29) is 11.6 Å². The van der Waals surface area contributed by atoms with Crippen molar-refractivity contribution >= 4 is 5.71 Å². The largest absolute Gasteiger partial charge is 0.357 e. The van der Waals surface area contributed by atoms with Gasteiger partial charge in [-0.15, -0.1) is 0 Å². The molecule has 2 aliphatic rings. The van der Waals surface area contributed by atoms with Gasteiger partial charge in [0, 0.05) is 5.71 Å². The fourth-order valence-electron chi connectivity index (χ4n) is 3.89. The molecule has 2 unspecified atom stereocenters. The summed E-state index contributed by atoms with van der Waals surface area (Å²) in [6.07, 6.45) is 3.08. The molecule has 1 aliphatic carbocycles. The Morgan fingerprint density at radius 2 is 1.54 bits per heavy atom. The maximum absolute atomic E-state index is 13.9. The fraction of sp³-hybridized carbons (Fsp3) is 0.381. The minimum Gasteiger partial charge on any atom is -0.357 e. The summed E-state index contributed by atoms with van der Waals surface area (Å²) in [6.45, 7) is 0.373. The monoisotopic (exact) mass is 356 g/mol. The van der Waals surface area contributed by atoms with Gasteiger partial charge in [0.1, 0.15) is 17.9 Å². The Morgan fingerprint density at radius 3 is 2.19 bits per heavy atom. The summed E-state index contributed by atoms with van der Waals surface area (Å²) in [5.74, 6) is -0.672. The predicted octanol–water partition coefficient (Wildman–Crippen LogP) is 5.00. The van der Waals surface area contributed by atoms with Gasteiger partial charge in [-0.2, -0.15) is 0 Å². The van der Waals surface area contributed by atoms with Crippen LogP contribution in [0.5, 0.6) is 0 Å². The Bertz CT molecular complexity index is 776. The van der Waals surface area contributed by atoms with E-state index in [1.54, 1.807) is 0 Å². The zero-order valence-electron chi connectivity index (χ0n) is 14.5. The van der Waals surface area contributed by atoms with Crippen molar-refractivity contribution in [2.24, 2.45) is 0 Å². The number of rotatable bonds is 3. The van der Waals surface area contributed by atoms with E-state index >= 15 is 0 Å². The molecule has 136 valence electrons. The number of ether oxygens (including phenoxy) is 1. The summed E-state index contributed by atoms with van der Waals surface area (Å²) >= 11 is 0. The molecule has 1 aliphatic heterocycles. The first-order chi connectivity index (χ1) is 12.6. The van der Waals surface area contributed by atoms with Gasteiger partial charge in [0.25, 0.3) is 0 Å². The molecule has 0 bridgehead atoms. The Kier molecular flexibility index (Phi) is 4.83. The van der Waals surface area contributed by atoms with Gasteiger partial charge in [-0.25, -0.2) is 8.78 Å². The van der Waals surface area contributed by atoms with E-state index < -0.39 is 17.9 Å². The SMILES string of the molecule is N=C1CCC(c2ccc(C3COC(c4c(F)cccc4F)N3)cc2)CC1. The van der Waals surface area contributed by atoms with Gasteiger partial charge in [-0.05, 0) is 54.9 Å². The topological polar surface area (TPSA) is 45.1 Å². The molecule has 5 heteroatoms. The molecule has 1 heterocycles. The molecule has 4 rings (SSSR count). The molecule has 2 aromatic carbocycles. The summed E-state index contributed by atoms with van der Waals surface area (Å²) in [5, 5.41) is 10.9. The minimum atomic E-state index is -0.773. The van der Waals surface area contributed by atoms with Crippen molar-refractivity contribution in [1.29, 1.82) is 5.41 Å². The lowest BCUT2D eigenvalue weighted by Gasteiger charge is -2.23. The quantitative estimate of drug-likeness (QED) is 0.813. The highest BCUT2D eigenvalue weighted by molar-refractivity contribution is 5.82. The van der Waals surface area contributed by atoms with Crippen molar-refractivity contribution in [1.82, 2.24) is 5.32 Å². The summed E-state index contributed by atoms with van der Waals surface area (Å²) < 4.78 is 33.5. The van der Waals surface area contributed by atoms with E-state index in [0.29, 0.717) is 12.5 Å². The molecule has 0 aromatic heterocycles. The van der Waals surface area contributed by atoms with Crippen LogP contribution in [0.2, 0.25) is 0 Å². The molecular formula is C21H22F2N2O. The molecule has 0 amide bonds. The summed E-state index contributed by atoms with van der Waals surface area (Å²) in [4.78, 5) is 0. The maximum atomic E-state index is 13.9. The van der Waals surface area contributed by atoms with Crippen LogP contribution in [0.15, 0.2) is 42.5 Å². The van der Waals surface area contributed by atoms with E-state index in [1.807, 2.05) is 0 Å². The van der Waals surface area contributed by atoms with Crippen LogP contribution in [0.1, 0.15) is 60.6 Å². The number of benzene rings is 2. The van der Waals surface area contributed by atoms with Crippen LogP contribution in [0.25, 0.3) is 0 Å². The maximum Gasteiger partial charge on any atom is 0.140 e. The van der Waals surface area contributed by atoms with Crippen LogP contribution in [0.4, 0.5) is 8.78 Å². The van der Waals surface area contributed by atoms with Crippen molar-refractivity contribution < 1.29 is 13.5 Å². The normalized spacial score (nSPS) is 26.2. The summed E-state index contributed by atoms with van der Waals surface area (Å²) in [6, 6.07) is 12.2. The standard InChI is InChI=1S/C21H22F2N2O/c22-17-2-1-3-18(23)20(17)21-25-19(12-26-21)15-6-4-13(5-7-15)14-8-10-16(24)11-9-14/h1-7,14,19,21,24-25H,8-12H2. The van der Waals surface area contributed by atoms with E-state index in [2.05, 4.69) is 29.6 Å². The molecule has 26 heavy (non-hydrogen) atoms.